The van der Waals surface area contributed by atoms with Gasteiger partial charge in [0.25, 0.3) is 0 Å². The maximum Gasteiger partial charge on any atom is 0.0747 e. The Labute approximate surface area is 250 Å². The van der Waals surface area contributed by atoms with Crippen LogP contribution < -0.4 is 4.90 Å². The number of fused-ring (bicyclic) bond motifs is 1. The van der Waals surface area contributed by atoms with Gasteiger partial charge in [0.1, 0.15) is 0 Å². The molecule has 0 N–H and O–H groups in total. The first-order valence-corrected chi connectivity index (χ1v) is 15.4. The van der Waals surface area contributed by atoms with Gasteiger partial charge in [0.05, 0.1) is 28.3 Å². The highest BCUT2D eigenvalue weighted by Crippen LogP contribution is 2.67. The van der Waals surface area contributed by atoms with E-state index in [2.05, 4.69) is 135 Å². The summed E-state index contributed by atoms with van der Waals surface area (Å²) >= 11 is 0. The summed E-state index contributed by atoms with van der Waals surface area (Å²) in [7, 11) is 0. The van der Waals surface area contributed by atoms with Crippen molar-refractivity contribution in [3.8, 4) is 11.3 Å². The first kappa shape index (κ1) is 25.8. The molecule has 1 aromatic heterocycles. The van der Waals surface area contributed by atoms with Crippen LogP contribution in [0.15, 0.2) is 60.7 Å². The molecule has 0 saturated heterocycles. The zero-order chi connectivity index (χ0) is 29.7. The van der Waals surface area contributed by atoms with Gasteiger partial charge in [-0.3, -0.25) is 0 Å². The van der Waals surface area contributed by atoms with Gasteiger partial charge < -0.3 is 4.90 Å². The van der Waals surface area contributed by atoms with Crippen LogP contribution in [0.1, 0.15) is 97.2 Å². The highest BCUT2D eigenvalue weighted by molar-refractivity contribution is 6.01. The molecule has 0 bridgehead atoms. The minimum atomic E-state index is -0.172. The summed E-state index contributed by atoms with van der Waals surface area (Å²) in [6, 6.07) is 22.7. The monoisotopic (exact) mass is 548 g/mol. The number of pyridine rings is 1. The second kappa shape index (κ2) is 7.72. The van der Waals surface area contributed by atoms with E-state index >= 15 is 0 Å². The zero-order valence-electron chi connectivity index (χ0n) is 26.7. The van der Waals surface area contributed by atoms with Crippen molar-refractivity contribution in [2.24, 2.45) is 0 Å². The van der Waals surface area contributed by atoms with Crippen LogP contribution in [0, 0.1) is 27.7 Å². The maximum atomic E-state index is 5.40. The molecule has 5 aromatic rings. The number of benzene rings is 4. The molecular weight excluding hydrogens is 508 g/mol. The van der Waals surface area contributed by atoms with Gasteiger partial charge in [-0.1, -0.05) is 96.1 Å². The first-order chi connectivity index (χ1) is 19.8. The van der Waals surface area contributed by atoms with E-state index in [1.165, 1.54) is 83.6 Å². The Bertz CT molecular complexity index is 1960. The van der Waals surface area contributed by atoms with Crippen LogP contribution in [0.5, 0.6) is 0 Å². The van der Waals surface area contributed by atoms with E-state index in [4.69, 9.17) is 4.98 Å². The number of hydrogen-bond acceptors (Lipinski definition) is 2. The van der Waals surface area contributed by atoms with E-state index in [1.54, 1.807) is 0 Å². The molecular formula is C40H40N2. The van der Waals surface area contributed by atoms with Gasteiger partial charge in [-0.15, -0.1) is 0 Å². The predicted octanol–water partition coefficient (Wildman–Crippen LogP) is 10.5. The fraction of sp³-hybridized carbons (Fsp3) is 0.325. The van der Waals surface area contributed by atoms with Crippen molar-refractivity contribution in [1.29, 1.82) is 0 Å². The summed E-state index contributed by atoms with van der Waals surface area (Å²) in [5.41, 5.74) is 21.2. The van der Waals surface area contributed by atoms with Crippen molar-refractivity contribution in [3.05, 3.63) is 116 Å². The van der Waals surface area contributed by atoms with Crippen LogP contribution >= 0.6 is 0 Å². The largest absolute Gasteiger partial charge is 0.309 e. The third-order valence-corrected chi connectivity index (χ3v) is 11.4. The highest BCUT2D eigenvalue weighted by atomic mass is 15.2. The smallest absolute Gasteiger partial charge is 0.0747 e. The van der Waals surface area contributed by atoms with Crippen LogP contribution in [0.3, 0.4) is 0 Å². The minimum absolute atomic E-state index is 0.0813. The summed E-state index contributed by atoms with van der Waals surface area (Å²) < 4.78 is 0. The summed E-state index contributed by atoms with van der Waals surface area (Å²) in [4.78, 5) is 8.08. The van der Waals surface area contributed by atoms with Gasteiger partial charge >= 0.3 is 0 Å². The van der Waals surface area contributed by atoms with Crippen LogP contribution in [0.2, 0.25) is 0 Å². The lowest BCUT2D eigenvalue weighted by molar-refractivity contribution is 0.563. The van der Waals surface area contributed by atoms with Crippen molar-refractivity contribution in [1.82, 2.24) is 4.98 Å². The lowest BCUT2D eigenvalue weighted by Crippen LogP contribution is -2.44. The van der Waals surface area contributed by atoms with E-state index in [-0.39, 0.29) is 16.2 Å². The van der Waals surface area contributed by atoms with E-state index in [0.717, 1.165) is 11.2 Å². The fourth-order valence-electron chi connectivity index (χ4n) is 9.17. The third kappa shape index (κ3) is 2.75. The van der Waals surface area contributed by atoms with E-state index in [1.807, 2.05) is 0 Å². The summed E-state index contributed by atoms with van der Waals surface area (Å²) in [6.45, 7) is 23.9. The molecule has 0 radical (unpaired) electrons. The number of aromatic nitrogens is 1. The number of hydrogen-bond donors (Lipinski definition) is 0. The zero-order valence-corrected chi connectivity index (χ0v) is 26.7. The first-order valence-electron chi connectivity index (χ1n) is 15.4. The van der Waals surface area contributed by atoms with Crippen LogP contribution in [0.25, 0.3) is 22.2 Å². The topological polar surface area (TPSA) is 16.1 Å². The van der Waals surface area contributed by atoms with Gasteiger partial charge in [0, 0.05) is 27.2 Å². The second-order valence-corrected chi connectivity index (χ2v) is 14.6. The van der Waals surface area contributed by atoms with Crippen LogP contribution in [-0.2, 0) is 16.2 Å². The molecule has 0 amide bonds. The van der Waals surface area contributed by atoms with Crippen molar-refractivity contribution in [3.63, 3.8) is 0 Å². The molecule has 210 valence electrons. The fourth-order valence-corrected chi connectivity index (χ4v) is 9.17. The Kier molecular flexibility index (Phi) is 4.74. The molecule has 4 heterocycles. The SMILES string of the molecule is Cc1c(-c2nc3ccccc3c(C)c2C)c(C)c2c3c1C(C)(C)c1cccc4c1N3c1c(cccc1C2(C)C)C4(C)C. The van der Waals surface area contributed by atoms with Gasteiger partial charge in [0.2, 0.25) is 0 Å². The van der Waals surface area contributed by atoms with Crippen molar-refractivity contribution in [2.45, 2.75) is 85.5 Å². The Balaban J connectivity index is 1.59. The molecule has 0 fully saturated rings. The van der Waals surface area contributed by atoms with Gasteiger partial charge in [-0.25, -0.2) is 4.98 Å². The van der Waals surface area contributed by atoms with Crippen LogP contribution in [0.4, 0.5) is 17.1 Å². The predicted molar refractivity (Wildman–Crippen MR) is 177 cm³/mol. The van der Waals surface area contributed by atoms with Crippen LogP contribution in [-0.4, -0.2) is 4.98 Å². The molecule has 0 spiro atoms. The summed E-state index contributed by atoms with van der Waals surface area (Å²) in [5.74, 6) is 0. The van der Waals surface area contributed by atoms with Crippen molar-refractivity contribution in [2.75, 3.05) is 4.90 Å². The van der Waals surface area contributed by atoms with Crippen molar-refractivity contribution < 1.29 is 0 Å². The Morgan fingerprint density at radius 1 is 0.500 bits per heavy atom. The number of anilines is 3. The highest BCUT2D eigenvalue weighted by Gasteiger charge is 2.53. The normalized spacial score (nSPS) is 17.8. The van der Waals surface area contributed by atoms with E-state index < -0.39 is 0 Å². The molecule has 3 aliphatic rings. The molecule has 8 rings (SSSR count). The average molecular weight is 549 g/mol. The van der Waals surface area contributed by atoms with Gasteiger partial charge in [-0.05, 0) is 89.4 Å². The Hall–Kier alpha value is -3.91. The Morgan fingerprint density at radius 2 is 0.976 bits per heavy atom. The van der Waals surface area contributed by atoms with E-state index in [0.29, 0.717) is 0 Å². The summed E-state index contributed by atoms with van der Waals surface area (Å²) in [6.07, 6.45) is 0. The number of nitrogens with zero attached hydrogens (tertiary/aromatic N) is 2. The number of para-hydroxylation sites is 3. The number of rotatable bonds is 1. The molecule has 0 atom stereocenters. The van der Waals surface area contributed by atoms with Gasteiger partial charge in [-0.2, -0.15) is 0 Å². The molecule has 3 aliphatic heterocycles. The quantitative estimate of drug-likeness (QED) is 0.207. The average Bonchev–Trinajstić information content (AvgIpc) is 2.94. The Morgan fingerprint density at radius 3 is 1.50 bits per heavy atom. The molecule has 42 heavy (non-hydrogen) atoms. The maximum absolute atomic E-state index is 5.40. The molecule has 0 unspecified atom stereocenters. The van der Waals surface area contributed by atoms with Crippen molar-refractivity contribution >= 4 is 28.0 Å². The number of aryl methyl sites for hydroxylation is 1. The lowest BCUT2D eigenvalue weighted by Gasteiger charge is -2.56. The molecule has 2 nitrogen and oxygen atoms in total. The lowest BCUT2D eigenvalue weighted by atomic mass is 9.59. The molecule has 0 aliphatic carbocycles. The molecule has 4 aromatic carbocycles. The minimum Gasteiger partial charge on any atom is -0.309 e. The van der Waals surface area contributed by atoms with E-state index in [9.17, 15) is 0 Å². The summed E-state index contributed by atoms with van der Waals surface area (Å²) in [5, 5.41) is 1.24. The molecule has 2 heteroatoms. The molecule has 0 saturated carbocycles. The third-order valence-electron chi connectivity index (χ3n) is 11.4. The van der Waals surface area contributed by atoms with Gasteiger partial charge in [0.15, 0.2) is 0 Å². The standard InChI is InChI=1S/C40H40N2/c1-21-22(2)34(41-30-20-12-11-15-25(21)30)31-23(3)32-37-33(24(31)4)40(9,10)29-19-14-17-27-36(29)42(37)35-26(38(27,5)6)16-13-18-28(35)39(32,7)8/h11-20H,1-10H3. The second-order valence-electron chi connectivity index (χ2n) is 14.6.